The van der Waals surface area contributed by atoms with E-state index in [1.807, 2.05) is 18.2 Å². The first kappa shape index (κ1) is 14.6. The second-order valence-electron chi connectivity index (χ2n) is 6.74. The largest absolute Gasteiger partial charge is 0.303 e. The monoisotopic (exact) mass is 299 g/mol. The summed E-state index contributed by atoms with van der Waals surface area (Å²) >= 11 is 6.11. The van der Waals surface area contributed by atoms with Crippen molar-refractivity contribution in [1.82, 2.24) is 5.32 Å². The third-order valence-electron chi connectivity index (χ3n) is 4.56. The lowest BCUT2D eigenvalue weighted by Crippen LogP contribution is -2.33. The van der Waals surface area contributed by atoms with E-state index in [-0.39, 0.29) is 11.5 Å². The Hall–Kier alpha value is -1.31. The number of halogens is 1. The molecule has 0 bridgehead atoms. The van der Waals surface area contributed by atoms with Gasteiger partial charge in [0.2, 0.25) is 0 Å². The summed E-state index contributed by atoms with van der Waals surface area (Å²) in [5.41, 5.74) is 4.38. The van der Waals surface area contributed by atoms with Gasteiger partial charge >= 0.3 is 0 Å². The maximum absolute atomic E-state index is 6.11. The van der Waals surface area contributed by atoms with Gasteiger partial charge in [-0.15, -0.1) is 0 Å². The summed E-state index contributed by atoms with van der Waals surface area (Å²) in [6.45, 7) is 6.90. The molecule has 1 aliphatic carbocycles. The zero-order valence-corrected chi connectivity index (χ0v) is 13.6. The van der Waals surface area contributed by atoms with Crippen LogP contribution in [0.2, 0.25) is 5.02 Å². The Balaban J connectivity index is 1.87. The minimum Gasteiger partial charge on any atom is -0.303 e. The molecule has 2 atom stereocenters. The smallest absolute Gasteiger partial charge is 0.0409 e. The van der Waals surface area contributed by atoms with Gasteiger partial charge in [-0.2, -0.15) is 0 Å². The molecule has 1 N–H and O–H groups in total. The number of nitrogens with one attached hydrogen (secondary N) is 1. The maximum Gasteiger partial charge on any atom is 0.0409 e. The Morgan fingerprint density at radius 1 is 1.14 bits per heavy atom. The molecule has 0 radical (unpaired) electrons. The molecular weight excluding hydrogens is 278 g/mol. The highest BCUT2D eigenvalue weighted by molar-refractivity contribution is 6.30. The number of hydrogen-bond donors (Lipinski definition) is 1. The summed E-state index contributed by atoms with van der Waals surface area (Å²) in [4.78, 5) is 0. The van der Waals surface area contributed by atoms with Gasteiger partial charge in [-0.3, -0.25) is 0 Å². The van der Waals surface area contributed by atoms with Crippen LogP contribution in [0.5, 0.6) is 0 Å². The van der Waals surface area contributed by atoms with Crippen LogP contribution < -0.4 is 5.32 Å². The molecule has 0 amide bonds. The van der Waals surface area contributed by atoms with Gasteiger partial charge < -0.3 is 5.32 Å². The summed E-state index contributed by atoms with van der Waals surface area (Å²) in [7, 11) is 0. The molecule has 0 saturated heterocycles. The molecule has 0 saturated carbocycles. The second-order valence-corrected chi connectivity index (χ2v) is 7.18. The molecule has 110 valence electrons. The molecule has 1 aliphatic rings. The van der Waals surface area contributed by atoms with Gasteiger partial charge in [-0.1, -0.05) is 61.8 Å². The fourth-order valence-electron chi connectivity index (χ4n) is 3.43. The van der Waals surface area contributed by atoms with Crippen LogP contribution in [-0.4, -0.2) is 0 Å². The summed E-state index contributed by atoms with van der Waals surface area (Å²) < 4.78 is 0. The zero-order valence-electron chi connectivity index (χ0n) is 12.9. The van der Waals surface area contributed by atoms with Crippen molar-refractivity contribution in [2.24, 2.45) is 5.41 Å². The average molecular weight is 300 g/mol. The average Bonchev–Trinajstić information content (AvgIpc) is 2.69. The SMILES string of the molecule is C[C@@H](NC1c2ccccc2CC1(C)C)c1cccc(Cl)c1. The maximum atomic E-state index is 6.11. The van der Waals surface area contributed by atoms with Gasteiger partial charge in [0.15, 0.2) is 0 Å². The van der Waals surface area contributed by atoms with Gasteiger partial charge in [-0.05, 0) is 47.6 Å². The van der Waals surface area contributed by atoms with E-state index in [4.69, 9.17) is 11.6 Å². The standard InChI is InChI=1S/C19H22ClN/c1-13(14-8-6-9-16(20)11-14)21-18-17-10-5-4-7-15(17)12-19(18,2)3/h4-11,13,18,21H,12H2,1-3H3/t13-,18?/m1/s1. The van der Waals surface area contributed by atoms with Crippen molar-refractivity contribution in [3.8, 4) is 0 Å². The van der Waals surface area contributed by atoms with E-state index in [2.05, 4.69) is 56.4 Å². The summed E-state index contributed by atoms with van der Waals surface area (Å²) in [5.74, 6) is 0. The quantitative estimate of drug-likeness (QED) is 0.809. The molecule has 2 aromatic carbocycles. The zero-order chi connectivity index (χ0) is 15.0. The van der Waals surface area contributed by atoms with Gasteiger partial charge in [0.25, 0.3) is 0 Å². The lowest BCUT2D eigenvalue weighted by Gasteiger charge is -2.31. The first-order chi connectivity index (χ1) is 9.97. The molecule has 0 spiro atoms. The van der Waals surface area contributed by atoms with Crippen molar-refractivity contribution in [2.45, 2.75) is 39.3 Å². The highest BCUT2D eigenvalue weighted by Crippen LogP contribution is 2.46. The summed E-state index contributed by atoms with van der Waals surface area (Å²) in [6, 6.07) is 17.6. The van der Waals surface area contributed by atoms with Crippen LogP contribution in [0.1, 0.15) is 49.5 Å². The van der Waals surface area contributed by atoms with Crippen LogP contribution in [0.25, 0.3) is 0 Å². The second kappa shape index (κ2) is 5.47. The molecule has 1 nitrogen and oxygen atoms in total. The minimum absolute atomic E-state index is 0.233. The first-order valence-electron chi connectivity index (χ1n) is 7.57. The van der Waals surface area contributed by atoms with Crippen LogP contribution in [0.4, 0.5) is 0 Å². The van der Waals surface area contributed by atoms with Gasteiger partial charge in [0, 0.05) is 17.1 Å². The fourth-order valence-corrected chi connectivity index (χ4v) is 3.63. The molecule has 1 unspecified atom stereocenters. The normalized spacial score (nSPS) is 21.0. The lowest BCUT2D eigenvalue weighted by atomic mass is 9.84. The Kier molecular flexibility index (Phi) is 3.81. The van der Waals surface area contributed by atoms with Crippen LogP contribution in [0, 0.1) is 5.41 Å². The predicted molar refractivity (Wildman–Crippen MR) is 89.7 cm³/mol. The van der Waals surface area contributed by atoms with E-state index in [1.165, 1.54) is 16.7 Å². The topological polar surface area (TPSA) is 12.0 Å². The molecule has 0 aromatic heterocycles. The fraction of sp³-hybridized carbons (Fsp3) is 0.368. The number of benzene rings is 2. The van der Waals surface area contributed by atoms with Gasteiger partial charge in [-0.25, -0.2) is 0 Å². The molecule has 3 rings (SSSR count). The van der Waals surface area contributed by atoms with Crippen molar-refractivity contribution in [3.63, 3.8) is 0 Å². The number of hydrogen-bond acceptors (Lipinski definition) is 1. The Morgan fingerprint density at radius 3 is 2.67 bits per heavy atom. The molecule has 2 heteroatoms. The van der Waals surface area contributed by atoms with Crippen molar-refractivity contribution in [2.75, 3.05) is 0 Å². The van der Waals surface area contributed by atoms with E-state index in [0.717, 1.165) is 11.4 Å². The first-order valence-corrected chi connectivity index (χ1v) is 7.94. The van der Waals surface area contributed by atoms with Gasteiger partial charge in [0.05, 0.1) is 0 Å². The van der Waals surface area contributed by atoms with E-state index in [1.54, 1.807) is 0 Å². The Labute approximate surface area is 132 Å². The van der Waals surface area contributed by atoms with E-state index in [0.29, 0.717) is 6.04 Å². The van der Waals surface area contributed by atoms with Crippen molar-refractivity contribution >= 4 is 11.6 Å². The highest BCUT2D eigenvalue weighted by Gasteiger charge is 2.39. The molecule has 0 fully saturated rings. The van der Waals surface area contributed by atoms with Crippen LogP contribution in [0.3, 0.4) is 0 Å². The van der Waals surface area contributed by atoms with E-state index >= 15 is 0 Å². The van der Waals surface area contributed by atoms with Crippen molar-refractivity contribution in [3.05, 3.63) is 70.2 Å². The molecular formula is C19H22ClN. The summed E-state index contributed by atoms with van der Waals surface area (Å²) in [6.07, 6.45) is 1.13. The van der Waals surface area contributed by atoms with Crippen LogP contribution in [0.15, 0.2) is 48.5 Å². The summed E-state index contributed by atoms with van der Waals surface area (Å²) in [5, 5.41) is 4.61. The highest BCUT2D eigenvalue weighted by atomic mass is 35.5. The molecule has 0 heterocycles. The number of rotatable bonds is 3. The third-order valence-corrected chi connectivity index (χ3v) is 4.79. The van der Waals surface area contributed by atoms with E-state index in [9.17, 15) is 0 Å². The van der Waals surface area contributed by atoms with Crippen molar-refractivity contribution < 1.29 is 0 Å². The molecule has 2 aromatic rings. The third kappa shape index (κ3) is 2.86. The lowest BCUT2D eigenvalue weighted by molar-refractivity contribution is 0.252. The Morgan fingerprint density at radius 2 is 1.90 bits per heavy atom. The Bertz CT molecular complexity index is 648. The van der Waals surface area contributed by atoms with Gasteiger partial charge in [0.1, 0.15) is 0 Å². The predicted octanol–water partition coefficient (Wildman–Crippen LogP) is 5.31. The minimum atomic E-state index is 0.233. The molecule has 0 aliphatic heterocycles. The van der Waals surface area contributed by atoms with Crippen LogP contribution in [-0.2, 0) is 6.42 Å². The van der Waals surface area contributed by atoms with E-state index < -0.39 is 0 Å². The number of fused-ring (bicyclic) bond motifs is 1. The van der Waals surface area contributed by atoms with Crippen LogP contribution >= 0.6 is 11.6 Å². The van der Waals surface area contributed by atoms with Crippen molar-refractivity contribution in [1.29, 1.82) is 0 Å². The molecule has 21 heavy (non-hydrogen) atoms.